The van der Waals surface area contributed by atoms with Crippen LogP contribution in [0.15, 0.2) is 30.3 Å². The number of benzene rings is 2. The number of halogens is 2. The molecule has 116 valence electrons. The van der Waals surface area contributed by atoms with Crippen LogP contribution in [0, 0.1) is 0 Å². The molecule has 0 fully saturated rings. The van der Waals surface area contributed by atoms with E-state index in [2.05, 4.69) is 0 Å². The molecule has 0 unspecified atom stereocenters. The molecule has 0 heterocycles. The van der Waals surface area contributed by atoms with Crippen molar-refractivity contribution >= 4 is 45.9 Å². The minimum atomic E-state index is -0.553. The molecule has 2 aromatic rings. The summed E-state index contributed by atoms with van der Waals surface area (Å²) < 4.78 is 10.1. The fourth-order valence-electron chi connectivity index (χ4n) is 1.98. The summed E-state index contributed by atoms with van der Waals surface area (Å²) in [6.07, 6.45) is -0.109. The van der Waals surface area contributed by atoms with Gasteiger partial charge in [0.2, 0.25) is 0 Å². The first-order valence-electron chi connectivity index (χ1n) is 6.76. The first-order chi connectivity index (χ1) is 10.5. The molecule has 0 bridgehead atoms. The lowest BCUT2D eigenvalue weighted by Gasteiger charge is -2.11. The Morgan fingerprint density at radius 1 is 1.00 bits per heavy atom. The smallest absolute Gasteiger partial charge is 0.311 e. The molecular weight excluding hydrogens is 327 g/mol. The van der Waals surface area contributed by atoms with Crippen LogP contribution in [0.4, 0.5) is 0 Å². The summed E-state index contributed by atoms with van der Waals surface area (Å²) in [7, 11) is 0. The van der Waals surface area contributed by atoms with E-state index in [-0.39, 0.29) is 30.2 Å². The van der Waals surface area contributed by atoms with Crippen LogP contribution in [0.1, 0.15) is 19.8 Å². The van der Waals surface area contributed by atoms with E-state index in [9.17, 15) is 9.59 Å². The molecule has 0 aromatic heterocycles. The Balaban J connectivity index is 2.18. The second-order valence-electron chi connectivity index (χ2n) is 4.49. The van der Waals surface area contributed by atoms with Crippen molar-refractivity contribution < 1.29 is 19.1 Å². The Hall–Kier alpha value is -1.78. The van der Waals surface area contributed by atoms with Crippen LogP contribution in [0.2, 0.25) is 10.0 Å². The quantitative estimate of drug-likeness (QED) is 0.598. The van der Waals surface area contributed by atoms with E-state index < -0.39 is 11.9 Å². The Morgan fingerprint density at radius 3 is 2.32 bits per heavy atom. The summed E-state index contributed by atoms with van der Waals surface area (Å²) in [5.41, 5.74) is 0. The molecule has 0 aliphatic heterocycles. The SMILES string of the molecule is CCOC(=O)CCC(=O)Oc1c(Cl)cc(Cl)c2ccccc12. The van der Waals surface area contributed by atoms with Gasteiger partial charge in [-0.1, -0.05) is 47.5 Å². The van der Waals surface area contributed by atoms with Crippen LogP contribution >= 0.6 is 23.2 Å². The third-order valence-corrected chi connectivity index (χ3v) is 3.55. The molecule has 0 amide bonds. The maximum absolute atomic E-state index is 11.9. The molecule has 6 heteroatoms. The molecule has 2 aromatic carbocycles. The number of esters is 2. The van der Waals surface area contributed by atoms with E-state index in [1.54, 1.807) is 19.1 Å². The number of carbonyl (C=O) groups excluding carboxylic acids is 2. The Morgan fingerprint density at radius 2 is 1.64 bits per heavy atom. The van der Waals surface area contributed by atoms with Crippen molar-refractivity contribution in [1.29, 1.82) is 0 Å². The Kier molecular flexibility index (Phi) is 5.63. The lowest BCUT2D eigenvalue weighted by Crippen LogP contribution is -2.12. The maximum atomic E-state index is 11.9. The third kappa shape index (κ3) is 3.90. The van der Waals surface area contributed by atoms with E-state index >= 15 is 0 Å². The number of ether oxygens (including phenoxy) is 2. The van der Waals surface area contributed by atoms with Gasteiger partial charge < -0.3 is 9.47 Å². The molecule has 0 atom stereocenters. The van der Waals surface area contributed by atoms with Crippen LogP contribution < -0.4 is 4.74 Å². The molecule has 0 saturated heterocycles. The summed E-state index contributed by atoms with van der Waals surface area (Å²) >= 11 is 12.2. The maximum Gasteiger partial charge on any atom is 0.311 e. The monoisotopic (exact) mass is 340 g/mol. The first-order valence-corrected chi connectivity index (χ1v) is 7.51. The van der Waals surface area contributed by atoms with Crippen molar-refractivity contribution in [2.24, 2.45) is 0 Å². The summed E-state index contributed by atoms with van der Waals surface area (Å²) in [6, 6.07) is 8.73. The zero-order chi connectivity index (χ0) is 16.1. The van der Waals surface area contributed by atoms with Crippen molar-refractivity contribution in [1.82, 2.24) is 0 Å². The summed E-state index contributed by atoms with van der Waals surface area (Å²) in [4.78, 5) is 23.1. The van der Waals surface area contributed by atoms with E-state index in [1.165, 1.54) is 6.07 Å². The molecular formula is C16H14Cl2O4. The predicted molar refractivity (Wildman–Crippen MR) is 85.5 cm³/mol. The van der Waals surface area contributed by atoms with Crippen molar-refractivity contribution in [3.63, 3.8) is 0 Å². The highest BCUT2D eigenvalue weighted by Gasteiger charge is 2.16. The van der Waals surface area contributed by atoms with Crippen molar-refractivity contribution in [2.75, 3.05) is 6.61 Å². The molecule has 0 N–H and O–H groups in total. The van der Waals surface area contributed by atoms with Gasteiger partial charge in [-0.3, -0.25) is 9.59 Å². The van der Waals surface area contributed by atoms with Crippen molar-refractivity contribution in [3.05, 3.63) is 40.4 Å². The fourth-order valence-corrected chi connectivity index (χ4v) is 2.56. The highest BCUT2D eigenvalue weighted by Crippen LogP contribution is 2.38. The Labute approximate surface area is 137 Å². The van der Waals surface area contributed by atoms with Crippen LogP contribution in [0.25, 0.3) is 10.8 Å². The average Bonchev–Trinajstić information content (AvgIpc) is 2.50. The van der Waals surface area contributed by atoms with Crippen LogP contribution in [-0.4, -0.2) is 18.5 Å². The number of hydrogen-bond donors (Lipinski definition) is 0. The van der Waals surface area contributed by atoms with Crippen molar-refractivity contribution in [3.8, 4) is 5.75 Å². The van der Waals surface area contributed by atoms with E-state index in [1.807, 2.05) is 12.1 Å². The van der Waals surface area contributed by atoms with Gasteiger partial charge >= 0.3 is 11.9 Å². The number of rotatable bonds is 5. The van der Waals surface area contributed by atoms with Gasteiger partial charge in [0, 0.05) is 10.8 Å². The van der Waals surface area contributed by atoms with Gasteiger partial charge in [0.1, 0.15) is 0 Å². The predicted octanol–water partition coefficient (Wildman–Crippen LogP) is 4.40. The summed E-state index contributed by atoms with van der Waals surface area (Å²) in [6.45, 7) is 1.98. The van der Waals surface area contributed by atoms with Gasteiger partial charge in [-0.15, -0.1) is 0 Å². The largest absolute Gasteiger partial charge is 0.466 e. The molecule has 0 spiro atoms. The minimum Gasteiger partial charge on any atom is -0.466 e. The lowest BCUT2D eigenvalue weighted by atomic mass is 10.1. The highest BCUT2D eigenvalue weighted by molar-refractivity contribution is 6.40. The first kappa shape index (κ1) is 16.6. The van der Waals surface area contributed by atoms with Gasteiger partial charge in [0.05, 0.1) is 29.5 Å². The topological polar surface area (TPSA) is 52.6 Å². The second kappa shape index (κ2) is 7.47. The molecule has 4 nitrogen and oxygen atoms in total. The van der Waals surface area contributed by atoms with Gasteiger partial charge in [-0.25, -0.2) is 0 Å². The lowest BCUT2D eigenvalue weighted by molar-refractivity contribution is -0.146. The number of fused-ring (bicyclic) bond motifs is 1. The van der Waals surface area contributed by atoms with Gasteiger partial charge in [-0.05, 0) is 13.0 Å². The van der Waals surface area contributed by atoms with E-state index in [0.29, 0.717) is 10.4 Å². The normalized spacial score (nSPS) is 10.5. The van der Waals surface area contributed by atoms with Crippen molar-refractivity contribution in [2.45, 2.75) is 19.8 Å². The molecule has 0 aliphatic carbocycles. The summed E-state index contributed by atoms with van der Waals surface area (Å²) in [5, 5.41) is 2.10. The van der Waals surface area contributed by atoms with Crippen LogP contribution in [0.5, 0.6) is 5.75 Å². The molecule has 22 heavy (non-hydrogen) atoms. The third-order valence-electron chi connectivity index (χ3n) is 2.95. The van der Waals surface area contributed by atoms with Gasteiger partial charge in [0.25, 0.3) is 0 Å². The standard InChI is InChI=1S/C16H14Cl2O4/c1-2-21-14(19)7-8-15(20)22-16-11-6-4-3-5-10(11)12(17)9-13(16)18/h3-6,9H,2,7-8H2,1H3. The van der Waals surface area contributed by atoms with E-state index in [4.69, 9.17) is 32.7 Å². The van der Waals surface area contributed by atoms with E-state index in [0.717, 1.165) is 5.39 Å². The van der Waals surface area contributed by atoms with Crippen LogP contribution in [0.3, 0.4) is 0 Å². The molecule has 0 aliphatic rings. The minimum absolute atomic E-state index is 0.0319. The molecule has 0 radical (unpaired) electrons. The van der Waals surface area contributed by atoms with Gasteiger partial charge in [-0.2, -0.15) is 0 Å². The summed E-state index contributed by atoms with van der Waals surface area (Å²) in [5.74, 6) is -0.746. The molecule has 0 saturated carbocycles. The zero-order valence-electron chi connectivity index (χ0n) is 11.9. The average molecular weight is 341 g/mol. The zero-order valence-corrected chi connectivity index (χ0v) is 13.4. The second-order valence-corrected chi connectivity index (χ2v) is 5.31. The van der Waals surface area contributed by atoms with Crippen LogP contribution in [-0.2, 0) is 14.3 Å². The molecule has 2 rings (SSSR count). The Bertz CT molecular complexity index is 713. The number of hydrogen-bond acceptors (Lipinski definition) is 4. The highest BCUT2D eigenvalue weighted by atomic mass is 35.5. The fraction of sp³-hybridized carbons (Fsp3) is 0.250. The van der Waals surface area contributed by atoms with Gasteiger partial charge in [0.15, 0.2) is 5.75 Å². The number of carbonyl (C=O) groups is 2.